The van der Waals surface area contributed by atoms with Gasteiger partial charge in [0.05, 0.1) is 23.0 Å². The highest BCUT2D eigenvalue weighted by Crippen LogP contribution is 2.18. The molecular weight excluding hydrogens is 350 g/mol. The van der Waals surface area contributed by atoms with Crippen molar-refractivity contribution in [2.24, 2.45) is 0 Å². The van der Waals surface area contributed by atoms with Crippen LogP contribution in [0.15, 0.2) is 53.1 Å². The summed E-state index contributed by atoms with van der Waals surface area (Å²) in [6.45, 7) is 4.85. The van der Waals surface area contributed by atoms with Crippen molar-refractivity contribution < 1.29 is 4.21 Å². The van der Waals surface area contributed by atoms with Crippen molar-refractivity contribution in [1.82, 2.24) is 24.2 Å². The summed E-state index contributed by atoms with van der Waals surface area (Å²) in [6.07, 6.45) is 4.62. The highest BCUT2D eigenvalue weighted by atomic mass is 32.2. The zero-order valence-electron chi connectivity index (χ0n) is 15.0. The first-order valence-corrected chi connectivity index (χ1v) is 9.65. The van der Waals surface area contributed by atoms with E-state index in [1.54, 1.807) is 15.4 Å². The first-order chi connectivity index (χ1) is 12.4. The lowest BCUT2D eigenvalue weighted by Crippen LogP contribution is -2.21. The fraction of sp³-hybridized carbons (Fsp3) is 0.278. The summed E-state index contributed by atoms with van der Waals surface area (Å²) in [5.41, 5.74) is 2.16. The van der Waals surface area contributed by atoms with Gasteiger partial charge in [-0.15, -0.1) is 6.58 Å². The molecule has 0 aliphatic rings. The standard InChI is InChI=1S/C18H21N5O2S/c1-5-9-22-17(24)15-11-19-18(26(4)25)20-16(15)23(22)14-8-6-7-13(10-14)12-21(2)3/h5-8,10-11H,1,9,12H2,2-4H3. The van der Waals surface area contributed by atoms with Crippen molar-refractivity contribution in [3.8, 4) is 5.69 Å². The van der Waals surface area contributed by atoms with Crippen LogP contribution in [-0.4, -0.2) is 48.8 Å². The Morgan fingerprint density at radius 3 is 2.77 bits per heavy atom. The number of hydrogen-bond acceptors (Lipinski definition) is 5. The first-order valence-electron chi connectivity index (χ1n) is 8.09. The third-order valence-electron chi connectivity index (χ3n) is 3.87. The molecule has 1 aromatic carbocycles. The molecule has 7 nitrogen and oxygen atoms in total. The van der Waals surface area contributed by atoms with Crippen molar-refractivity contribution in [2.45, 2.75) is 18.2 Å². The Bertz CT molecular complexity index is 1050. The van der Waals surface area contributed by atoms with Crippen molar-refractivity contribution in [3.05, 3.63) is 59.0 Å². The van der Waals surface area contributed by atoms with Gasteiger partial charge in [-0.3, -0.25) is 9.00 Å². The van der Waals surface area contributed by atoms with Gasteiger partial charge in [-0.2, -0.15) is 0 Å². The highest BCUT2D eigenvalue weighted by Gasteiger charge is 2.17. The maximum absolute atomic E-state index is 12.8. The first kappa shape index (κ1) is 18.2. The van der Waals surface area contributed by atoms with Gasteiger partial charge in [-0.05, 0) is 31.8 Å². The third-order valence-corrected chi connectivity index (χ3v) is 4.58. The SMILES string of the molecule is C=CCn1c(=O)c2cnc(S(C)=O)nc2n1-c1cccc(CN(C)C)c1. The number of benzene rings is 1. The lowest BCUT2D eigenvalue weighted by Gasteiger charge is -2.14. The molecule has 0 fully saturated rings. The summed E-state index contributed by atoms with van der Waals surface area (Å²) in [5.74, 6) is 0. The van der Waals surface area contributed by atoms with Crippen LogP contribution in [0.25, 0.3) is 16.7 Å². The van der Waals surface area contributed by atoms with Gasteiger partial charge in [0.2, 0.25) is 5.16 Å². The fourth-order valence-corrected chi connectivity index (χ4v) is 3.27. The summed E-state index contributed by atoms with van der Waals surface area (Å²) < 4.78 is 15.1. The minimum Gasteiger partial charge on any atom is -0.305 e. The number of allylic oxidation sites excluding steroid dienone is 1. The van der Waals surface area contributed by atoms with E-state index in [1.807, 2.05) is 38.4 Å². The van der Waals surface area contributed by atoms with E-state index < -0.39 is 10.8 Å². The summed E-state index contributed by atoms with van der Waals surface area (Å²) >= 11 is 0. The Morgan fingerprint density at radius 1 is 1.35 bits per heavy atom. The van der Waals surface area contributed by atoms with Crippen molar-refractivity contribution in [2.75, 3.05) is 20.4 Å². The van der Waals surface area contributed by atoms with Gasteiger partial charge < -0.3 is 4.90 Å². The van der Waals surface area contributed by atoms with Crippen LogP contribution in [0.4, 0.5) is 0 Å². The van der Waals surface area contributed by atoms with E-state index in [2.05, 4.69) is 21.4 Å². The fourth-order valence-electron chi connectivity index (χ4n) is 2.85. The van der Waals surface area contributed by atoms with Gasteiger partial charge in [0.25, 0.3) is 5.56 Å². The van der Waals surface area contributed by atoms with E-state index in [1.165, 1.54) is 12.5 Å². The van der Waals surface area contributed by atoms with Gasteiger partial charge >= 0.3 is 0 Å². The van der Waals surface area contributed by atoms with E-state index in [9.17, 15) is 9.00 Å². The van der Waals surface area contributed by atoms with E-state index in [-0.39, 0.29) is 10.7 Å². The largest absolute Gasteiger partial charge is 0.305 e. The molecule has 0 aliphatic carbocycles. The average Bonchev–Trinajstić information content (AvgIpc) is 2.87. The molecule has 26 heavy (non-hydrogen) atoms. The zero-order valence-corrected chi connectivity index (χ0v) is 15.9. The summed E-state index contributed by atoms with van der Waals surface area (Å²) in [4.78, 5) is 23.3. The minimum absolute atomic E-state index is 0.200. The number of nitrogens with zero attached hydrogens (tertiary/aromatic N) is 5. The maximum Gasteiger partial charge on any atom is 0.278 e. The van der Waals surface area contributed by atoms with Crippen molar-refractivity contribution in [3.63, 3.8) is 0 Å². The van der Waals surface area contributed by atoms with Gasteiger partial charge in [0.1, 0.15) is 5.39 Å². The van der Waals surface area contributed by atoms with Crippen LogP contribution in [0.3, 0.4) is 0 Å². The number of hydrogen-bond donors (Lipinski definition) is 0. The van der Waals surface area contributed by atoms with Gasteiger partial charge in [0, 0.05) is 19.0 Å². The third kappa shape index (κ3) is 3.38. The smallest absolute Gasteiger partial charge is 0.278 e. The predicted octanol–water partition coefficient (Wildman–Crippen LogP) is 1.57. The lowest BCUT2D eigenvalue weighted by atomic mass is 10.2. The molecule has 0 saturated heterocycles. The Hall–Kier alpha value is -2.58. The molecule has 0 bridgehead atoms. The van der Waals surface area contributed by atoms with Crippen LogP contribution in [0, 0.1) is 0 Å². The quantitative estimate of drug-likeness (QED) is 0.486. The van der Waals surface area contributed by atoms with Crippen LogP contribution in [0.2, 0.25) is 0 Å². The van der Waals surface area contributed by atoms with Gasteiger partial charge in [-0.1, -0.05) is 18.2 Å². The minimum atomic E-state index is -1.34. The predicted molar refractivity (Wildman–Crippen MR) is 103 cm³/mol. The van der Waals surface area contributed by atoms with E-state index in [0.717, 1.165) is 17.8 Å². The molecule has 0 aliphatic heterocycles. The Balaban J connectivity index is 2.30. The highest BCUT2D eigenvalue weighted by molar-refractivity contribution is 7.84. The summed E-state index contributed by atoms with van der Waals surface area (Å²) in [6, 6.07) is 7.92. The van der Waals surface area contributed by atoms with Gasteiger partial charge in [0.15, 0.2) is 5.65 Å². The average molecular weight is 371 g/mol. The molecule has 0 amide bonds. The molecule has 0 saturated carbocycles. The molecule has 2 aromatic heterocycles. The van der Waals surface area contributed by atoms with Crippen LogP contribution >= 0.6 is 0 Å². The molecule has 136 valence electrons. The van der Waals surface area contributed by atoms with Crippen molar-refractivity contribution >= 4 is 21.8 Å². The zero-order chi connectivity index (χ0) is 18.8. The summed E-state index contributed by atoms with van der Waals surface area (Å²) in [5, 5.41) is 0.588. The van der Waals surface area contributed by atoms with E-state index in [4.69, 9.17) is 0 Å². The summed E-state index contributed by atoms with van der Waals surface area (Å²) in [7, 11) is 2.67. The normalized spacial score (nSPS) is 12.6. The van der Waals surface area contributed by atoms with Gasteiger partial charge in [-0.25, -0.2) is 19.3 Å². The molecule has 1 unspecified atom stereocenters. The molecule has 1 atom stereocenters. The molecule has 0 N–H and O–H groups in total. The Labute approximate surface area is 154 Å². The molecule has 0 radical (unpaired) electrons. The van der Waals surface area contributed by atoms with Crippen LogP contribution in [0.5, 0.6) is 0 Å². The Morgan fingerprint density at radius 2 is 2.12 bits per heavy atom. The molecule has 3 aromatic rings. The molecule has 8 heteroatoms. The van der Waals surface area contributed by atoms with Crippen LogP contribution < -0.4 is 5.56 Å². The molecule has 0 spiro atoms. The topological polar surface area (TPSA) is 73.0 Å². The Kier molecular flexibility index (Phi) is 5.15. The molecule has 3 rings (SSSR count). The second kappa shape index (κ2) is 7.35. The van der Waals surface area contributed by atoms with E-state index >= 15 is 0 Å². The molecule has 2 heterocycles. The second-order valence-electron chi connectivity index (χ2n) is 6.24. The van der Waals surface area contributed by atoms with Crippen molar-refractivity contribution in [1.29, 1.82) is 0 Å². The monoisotopic (exact) mass is 371 g/mol. The number of rotatable bonds is 6. The lowest BCUT2D eigenvalue weighted by molar-refractivity contribution is 0.402. The molecular formula is C18H21N5O2S. The number of fused-ring (bicyclic) bond motifs is 1. The second-order valence-corrected chi connectivity index (χ2v) is 7.51. The van der Waals surface area contributed by atoms with E-state index in [0.29, 0.717) is 17.6 Å². The van der Waals surface area contributed by atoms with Crippen LogP contribution in [-0.2, 0) is 23.9 Å². The maximum atomic E-state index is 12.8. The number of aromatic nitrogens is 4. The van der Waals surface area contributed by atoms with Crippen LogP contribution in [0.1, 0.15) is 5.56 Å².